The Balaban J connectivity index is 1.69. The number of hydrazine groups is 1. The Morgan fingerprint density at radius 2 is 1.64 bits per heavy atom. The zero-order valence-electron chi connectivity index (χ0n) is 14.3. The lowest BCUT2D eigenvalue weighted by Gasteiger charge is -2.13. The number of carbonyl (C=O) groups is 1. The van der Waals surface area contributed by atoms with Gasteiger partial charge in [-0.3, -0.25) is 15.6 Å². The van der Waals surface area contributed by atoms with Crippen molar-refractivity contribution in [3.8, 4) is 5.75 Å². The van der Waals surface area contributed by atoms with Gasteiger partial charge in [0.05, 0.1) is 13.2 Å². The van der Waals surface area contributed by atoms with Crippen LogP contribution in [0.4, 0.5) is 11.4 Å². The van der Waals surface area contributed by atoms with E-state index in [0.29, 0.717) is 11.7 Å². The van der Waals surface area contributed by atoms with E-state index in [0.717, 1.165) is 17.1 Å². The van der Waals surface area contributed by atoms with Crippen LogP contribution in [0, 0.1) is 6.92 Å². The van der Waals surface area contributed by atoms with Crippen LogP contribution in [0.2, 0.25) is 0 Å². The highest BCUT2D eigenvalue weighted by Crippen LogP contribution is 2.15. The van der Waals surface area contributed by atoms with Crippen molar-refractivity contribution in [1.82, 2.24) is 10.9 Å². The van der Waals surface area contributed by atoms with Crippen molar-refractivity contribution in [3.05, 3.63) is 54.1 Å². The number of amides is 1. The third-order valence-corrected chi connectivity index (χ3v) is 3.45. The van der Waals surface area contributed by atoms with Gasteiger partial charge >= 0.3 is 0 Å². The molecule has 7 heteroatoms. The van der Waals surface area contributed by atoms with Crippen molar-refractivity contribution in [2.75, 3.05) is 23.8 Å². The summed E-state index contributed by atoms with van der Waals surface area (Å²) >= 11 is 5.14. The molecule has 25 heavy (non-hydrogen) atoms. The first-order valence-corrected chi connectivity index (χ1v) is 8.37. The standard InChI is InChI=1S/C18H22N4O2S/c1-3-24-16-10-8-15(9-11-16)20-18(25)22-21-17(23)12-19-14-6-4-13(2)5-7-14/h4-11,19H,3,12H2,1-2H3,(H,21,23)(H2,20,22,25). The second kappa shape index (κ2) is 9.48. The van der Waals surface area contributed by atoms with Crippen LogP contribution < -0.4 is 26.2 Å². The molecule has 0 bridgehead atoms. The van der Waals surface area contributed by atoms with Crippen LogP contribution in [0.15, 0.2) is 48.5 Å². The molecule has 0 spiro atoms. The Labute approximate surface area is 152 Å². The van der Waals surface area contributed by atoms with Gasteiger partial charge in [0.15, 0.2) is 5.11 Å². The van der Waals surface area contributed by atoms with Crippen molar-refractivity contribution >= 4 is 34.6 Å². The van der Waals surface area contributed by atoms with Gasteiger partial charge in [0.2, 0.25) is 0 Å². The summed E-state index contributed by atoms with van der Waals surface area (Å²) < 4.78 is 5.37. The van der Waals surface area contributed by atoms with Crippen LogP contribution in [0.25, 0.3) is 0 Å². The predicted octanol–water partition coefficient (Wildman–Crippen LogP) is 2.82. The van der Waals surface area contributed by atoms with E-state index >= 15 is 0 Å². The number of rotatable bonds is 6. The Morgan fingerprint density at radius 1 is 1.00 bits per heavy atom. The summed E-state index contributed by atoms with van der Waals surface area (Å²) in [5.74, 6) is 0.568. The van der Waals surface area contributed by atoms with Crippen molar-refractivity contribution in [2.24, 2.45) is 0 Å². The molecule has 2 aromatic carbocycles. The Hall–Kier alpha value is -2.80. The summed E-state index contributed by atoms with van der Waals surface area (Å²) in [5, 5.41) is 6.31. The third-order valence-electron chi connectivity index (χ3n) is 3.24. The number of ether oxygens (including phenoxy) is 1. The molecule has 0 aromatic heterocycles. The average Bonchev–Trinajstić information content (AvgIpc) is 2.61. The molecule has 0 aliphatic carbocycles. The normalized spacial score (nSPS) is 9.84. The zero-order valence-corrected chi connectivity index (χ0v) is 15.1. The van der Waals surface area contributed by atoms with Gasteiger partial charge in [0, 0.05) is 11.4 Å². The fraction of sp³-hybridized carbons (Fsp3) is 0.222. The molecule has 0 aliphatic rings. The number of thiocarbonyl (C=S) groups is 1. The van der Waals surface area contributed by atoms with Gasteiger partial charge in [0.25, 0.3) is 5.91 Å². The largest absolute Gasteiger partial charge is 0.494 e. The third kappa shape index (κ3) is 6.68. The van der Waals surface area contributed by atoms with Gasteiger partial charge < -0.3 is 15.4 Å². The first-order chi connectivity index (χ1) is 12.1. The lowest BCUT2D eigenvalue weighted by atomic mass is 10.2. The second-order valence-corrected chi connectivity index (χ2v) is 5.71. The molecule has 132 valence electrons. The monoisotopic (exact) mass is 358 g/mol. The minimum atomic E-state index is -0.226. The maximum absolute atomic E-state index is 11.8. The average molecular weight is 358 g/mol. The van der Waals surface area contributed by atoms with Crippen molar-refractivity contribution < 1.29 is 9.53 Å². The van der Waals surface area contributed by atoms with Crippen LogP contribution in [0.5, 0.6) is 5.75 Å². The van der Waals surface area contributed by atoms with E-state index in [1.54, 1.807) is 0 Å². The van der Waals surface area contributed by atoms with Gasteiger partial charge in [-0.2, -0.15) is 0 Å². The van der Waals surface area contributed by atoms with Crippen LogP contribution in [0.1, 0.15) is 12.5 Å². The fourth-order valence-electron chi connectivity index (χ4n) is 1.99. The molecule has 0 saturated heterocycles. The molecule has 1 amide bonds. The van der Waals surface area contributed by atoms with Crippen molar-refractivity contribution in [2.45, 2.75) is 13.8 Å². The van der Waals surface area contributed by atoms with Crippen molar-refractivity contribution in [1.29, 1.82) is 0 Å². The van der Waals surface area contributed by atoms with Gasteiger partial charge in [0.1, 0.15) is 5.75 Å². The summed E-state index contributed by atoms with van der Waals surface area (Å²) in [6, 6.07) is 15.2. The fourth-order valence-corrected chi connectivity index (χ4v) is 2.16. The molecule has 2 aromatic rings. The summed E-state index contributed by atoms with van der Waals surface area (Å²) in [7, 11) is 0. The molecule has 0 saturated carbocycles. The summed E-state index contributed by atoms with van der Waals surface area (Å²) in [4.78, 5) is 11.8. The number of aryl methyl sites for hydroxylation is 1. The molecule has 4 N–H and O–H groups in total. The second-order valence-electron chi connectivity index (χ2n) is 5.30. The molecule has 0 atom stereocenters. The first kappa shape index (κ1) is 18.5. The van der Waals surface area contributed by atoms with Gasteiger partial charge in [-0.25, -0.2) is 0 Å². The Bertz CT molecular complexity index is 702. The number of nitrogens with one attached hydrogen (secondary N) is 4. The smallest absolute Gasteiger partial charge is 0.257 e. The SMILES string of the molecule is CCOc1ccc(NC(=S)NNC(=O)CNc2ccc(C)cc2)cc1. The molecule has 6 nitrogen and oxygen atoms in total. The maximum atomic E-state index is 11.8. The predicted molar refractivity (Wildman–Crippen MR) is 105 cm³/mol. The van der Waals surface area contributed by atoms with E-state index in [2.05, 4.69) is 21.5 Å². The van der Waals surface area contributed by atoms with E-state index < -0.39 is 0 Å². The first-order valence-electron chi connectivity index (χ1n) is 7.96. The Kier molecular flexibility index (Phi) is 7.03. The van der Waals surface area contributed by atoms with E-state index in [4.69, 9.17) is 17.0 Å². The van der Waals surface area contributed by atoms with Gasteiger partial charge in [-0.15, -0.1) is 0 Å². The highest BCUT2D eigenvalue weighted by molar-refractivity contribution is 7.80. The van der Waals surface area contributed by atoms with Crippen LogP contribution in [-0.4, -0.2) is 24.2 Å². The van der Waals surface area contributed by atoms with Crippen LogP contribution in [-0.2, 0) is 4.79 Å². The number of hydrogen-bond acceptors (Lipinski definition) is 4. The summed E-state index contributed by atoms with van der Waals surface area (Å²) in [5.41, 5.74) is 8.05. The minimum Gasteiger partial charge on any atom is -0.494 e. The number of anilines is 2. The van der Waals surface area contributed by atoms with E-state index in [-0.39, 0.29) is 12.5 Å². The molecule has 2 rings (SSSR count). The van der Waals surface area contributed by atoms with Crippen LogP contribution >= 0.6 is 12.2 Å². The lowest BCUT2D eigenvalue weighted by Crippen LogP contribution is -2.45. The quantitative estimate of drug-likeness (QED) is 0.470. The Morgan fingerprint density at radius 3 is 2.28 bits per heavy atom. The van der Waals surface area contributed by atoms with Crippen LogP contribution in [0.3, 0.4) is 0 Å². The molecule has 0 aliphatic heterocycles. The summed E-state index contributed by atoms with van der Waals surface area (Å²) in [6.07, 6.45) is 0. The molecule has 0 fully saturated rings. The number of hydrogen-bond donors (Lipinski definition) is 4. The molecular formula is C18H22N4O2S. The highest BCUT2D eigenvalue weighted by Gasteiger charge is 2.03. The van der Waals surface area contributed by atoms with E-state index in [1.165, 1.54) is 5.56 Å². The minimum absolute atomic E-state index is 0.141. The maximum Gasteiger partial charge on any atom is 0.257 e. The number of benzene rings is 2. The highest BCUT2D eigenvalue weighted by atomic mass is 32.1. The van der Waals surface area contributed by atoms with Gasteiger partial charge in [-0.1, -0.05) is 17.7 Å². The molecule has 0 radical (unpaired) electrons. The zero-order chi connectivity index (χ0) is 18.1. The van der Waals surface area contributed by atoms with Gasteiger partial charge in [-0.05, 0) is 62.5 Å². The molecule has 0 unspecified atom stereocenters. The summed E-state index contributed by atoms with van der Waals surface area (Å²) in [6.45, 7) is 4.71. The topological polar surface area (TPSA) is 74.4 Å². The lowest BCUT2D eigenvalue weighted by molar-refractivity contribution is -0.119. The number of carbonyl (C=O) groups excluding carboxylic acids is 1. The molecular weight excluding hydrogens is 336 g/mol. The van der Waals surface area contributed by atoms with E-state index in [1.807, 2.05) is 62.4 Å². The van der Waals surface area contributed by atoms with E-state index in [9.17, 15) is 4.79 Å². The van der Waals surface area contributed by atoms with Crippen molar-refractivity contribution in [3.63, 3.8) is 0 Å². The molecule has 0 heterocycles.